The molecule has 2 atom stereocenters. The molecular weight excluding hydrogens is 264 g/mol. The molecular formula is C16H22N4O. The Balaban J connectivity index is 1.72. The minimum absolute atomic E-state index is 0.0690. The summed E-state index contributed by atoms with van der Waals surface area (Å²) in [5, 5.41) is 8.73. The highest BCUT2D eigenvalue weighted by Gasteiger charge is 2.27. The number of para-hydroxylation sites is 1. The Hall–Kier alpha value is -1.88. The van der Waals surface area contributed by atoms with E-state index in [1.807, 2.05) is 16.8 Å². The van der Waals surface area contributed by atoms with Gasteiger partial charge < -0.3 is 11.1 Å². The quantitative estimate of drug-likeness (QED) is 0.900. The van der Waals surface area contributed by atoms with E-state index < -0.39 is 0 Å². The predicted molar refractivity (Wildman–Crippen MR) is 82.6 cm³/mol. The summed E-state index contributed by atoms with van der Waals surface area (Å²) in [5.74, 6) is 0.178. The molecule has 0 aliphatic heterocycles. The lowest BCUT2D eigenvalue weighted by atomic mass is 10.1. The van der Waals surface area contributed by atoms with Gasteiger partial charge in [0.25, 0.3) is 0 Å². The van der Waals surface area contributed by atoms with Gasteiger partial charge in [-0.05, 0) is 32.3 Å². The SMILES string of the molecule is CCn1nc(CNC(=O)[C@H]2CC[C@@H](N)C2)c2ccccc21. The first-order valence-electron chi connectivity index (χ1n) is 7.66. The van der Waals surface area contributed by atoms with Crippen molar-refractivity contribution >= 4 is 16.8 Å². The number of hydrogen-bond acceptors (Lipinski definition) is 3. The summed E-state index contributed by atoms with van der Waals surface area (Å²) in [4.78, 5) is 12.2. The molecule has 1 amide bonds. The summed E-state index contributed by atoms with van der Waals surface area (Å²) in [7, 11) is 0. The molecule has 3 N–H and O–H groups in total. The molecule has 2 aromatic rings. The minimum Gasteiger partial charge on any atom is -0.350 e. The fraction of sp³-hybridized carbons (Fsp3) is 0.500. The van der Waals surface area contributed by atoms with Gasteiger partial charge in [-0.3, -0.25) is 9.48 Å². The fourth-order valence-electron chi connectivity index (χ4n) is 3.14. The number of benzene rings is 1. The summed E-state index contributed by atoms with van der Waals surface area (Å²) in [5.41, 5.74) is 7.92. The van der Waals surface area contributed by atoms with E-state index in [0.717, 1.165) is 42.4 Å². The van der Waals surface area contributed by atoms with E-state index in [1.54, 1.807) is 0 Å². The lowest BCUT2D eigenvalue weighted by Gasteiger charge is -2.09. The van der Waals surface area contributed by atoms with Gasteiger partial charge in [0.15, 0.2) is 0 Å². The van der Waals surface area contributed by atoms with Crippen molar-refractivity contribution in [2.45, 2.75) is 45.3 Å². The van der Waals surface area contributed by atoms with Crippen LogP contribution in [-0.2, 0) is 17.9 Å². The van der Waals surface area contributed by atoms with E-state index in [9.17, 15) is 4.79 Å². The van der Waals surface area contributed by atoms with Crippen molar-refractivity contribution in [2.75, 3.05) is 0 Å². The average Bonchev–Trinajstić information content (AvgIpc) is 3.09. The zero-order valence-corrected chi connectivity index (χ0v) is 12.4. The Bertz CT molecular complexity index is 649. The summed E-state index contributed by atoms with van der Waals surface area (Å²) in [6.07, 6.45) is 2.65. The number of nitrogens with zero attached hydrogens (tertiary/aromatic N) is 2. The van der Waals surface area contributed by atoms with Gasteiger partial charge in [0.1, 0.15) is 0 Å². The molecule has 0 spiro atoms. The van der Waals surface area contributed by atoms with Crippen LogP contribution in [0.1, 0.15) is 31.9 Å². The molecule has 1 aliphatic carbocycles. The van der Waals surface area contributed by atoms with Crippen LogP contribution in [0.25, 0.3) is 10.9 Å². The molecule has 1 aromatic carbocycles. The van der Waals surface area contributed by atoms with Gasteiger partial charge in [-0.1, -0.05) is 18.2 Å². The highest BCUT2D eigenvalue weighted by atomic mass is 16.1. The normalized spacial score (nSPS) is 21.8. The summed E-state index contributed by atoms with van der Waals surface area (Å²) in [6, 6.07) is 8.32. The summed E-state index contributed by atoms with van der Waals surface area (Å²) in [6.45, 7) is 3.38. The Morgan fingerprint density at radius 1 is 1.43 bits per heavy atom. The van der Waals surface area contributed by atoms with Crippen LogP contribution in [0, 0.1) is 5.92 Å². The first-order chi connectivity index (χ1) is 10.2. The van der Waals surface area contributed by atoms with Crippen LogP contribution in [0.3, 0.4) is 0 Å². The number of rotatable bonds is 4. The number of hydrogen-bond donors (Lipinski definition) is 2. The lowest BCUT2D eigenvalue weighted by molar-refractivity contribution is -0.125. The highest BCUT2D eigenvalue weighted by molar-refractivity contribution is 5.83. The van der Waals surface area contributed by atoms with E-state index >= 15 is 0 Å². The molecule has 1 heterocycles. The van der Waals surface area contributed by atoms with Gasteiger partial charge >= 0.3 is 0 Å². The zero-order valence-electron chi connectivity index (χ0n) is 12.4. The molecule has 5 nitrogen and oxygen atoms in total. The predicted octanol–water partition coefficient (Wildman–Crippen LogP) is 1.80. The fourth-order valence-corrected chi connectivity index (χ4v) is 3.14. The maximum absolute atomic E-state index is 12.2. The lowest BCUT2D eigenvalue weighted by Crippen LogP contribution is -2.30. The van der Waals surface area contributed by atoms with Crippen molar-refractivity contribution < 1.29 is 4.79 Å². The van der Waals surface area contributed by atoms with Crippen molar-refractivity contribution in [2.24, 2.45) is 11.7 Å². The first-order valence-corrected chi connectivity index (χ1v) is 7.66. The van der Waals surface area contributed by atoms with Crippen LogP contribution in [0.15, 0.2) is 24.3 Å². The van der Waals surface area contributed by atoms with E-state index in [-0.39, 0.29) is 17.9 Å². The zero-order chi connectivity index (χ0) is 14.8. The van der Waals surface area contributed by atoms with E-state index in [0.29, 0.717) is 6.54 Å². The molecule has 1 saturated carbocycles. The second-order valence-corrected chi connectivity index (χ2v) is 5.77. The van der Waals surface area contributed by atoms with Crippen molar-refractivity contribution in [1.29, 1.82) is 0 Å². The van der Waals surface area contributed by atoms with Crippen LogP contribution < -0.4 is 11.1 Å². The number of aromatic nitrogens is 2. The van der Waals surface area contributed by atoms with Crippen molar-refractivity contribution in [3.8, 4) is 0 Å². The molecule has 0 radical (unpaired) electrons. The van der Waals surface area contributed by atoms with Crippen LogP contribution >= 0.6 is 0 Å². The third-order valence-corrected chi connectivity index (χ3v) is 4.31. The third-order valence-electron chi connectivity index (χ3n) is 4.31. The van der Waals surface area contributed by atoms with Crippen LogP contribution in [-0.4, -0.2) is 21.7 Å². The molecule has 21 heavy (non-hydrogen) atoms. The van der Waals surface area contributed by atoms with Crippen molar-refractivity contribution in [3.63, 3.8) is 0 Å². The topological polar surface area (TPSA) is 72.9 Å². The van der Waals surface area contributed by atoms with Crippen molar-refractivity contribution in [1.82, 2.24) is 15.1 Å². The number of carbonyl (C=O) groups is 1. The minimum atomic E-state index is 0.0690. The molecule has 0 saturated heterocycles. The van der Waals surface area contributed by atoms with Crippen LogP contribution in [0.4, 0.5) is 0 Å². The Morgan fingerprint density at radius 2 is 2.24 bits per heavy atom. The molecule has 0 bridgehead atoms. The molecule has 1 aliphatic rings. The van der Waals surface area contributed by atoms with Gasteiger partial charge in [-0.15, -0.1) is 0 Å². The van der Waals surface area contributed by atoms with Gasteiger partial charge in [0.2, 0.25) is 5.91 Å². The van der Waals surface area contributed by atoms with E-state index in [1.165, 1.54) is 0 Å². The number of amides is 1. The van der Waals surface area contributed by atoms with Gasteiger partial charge in [-0.25, -0.2) is 0 Å². The van der Waals surface area contributed by atoms with Gasteiger partial charge in [-0.2, -0.15) is 5.10 Å². The number of nitrogens with one attached hydrogen (secondary N) is 1. The van der Waals surface area contributed by atoms with E-state index in [2.05, 4.69) is 29.5 Å². The maximum atomic E-state index is 12.2. The Labute approximate surface area is 124 Å². The highest BCUT2D eigenvalue weighted by Crippen LogP contribution is 2.24. The molecule has 1 fully saturated rings. The van der Waals surface area contributed by atoms with Crippen LogP contribution in [0.2, 0.25) is 0 Å². The Kier molecular flexibility index (Phi) is 3.92. The molecule has 0 unspecified atom stereocenters. The number of fused-ring (bicyclic) bond motifs is 1. The second-order valence-electron chi connectivity index (χ2n) is 5.77. The van der Waals surface area contributed by atoms with Crippen LogP contribution in [0.5, 0.6) is 0 Å². The number of aryl methyl sites for hydroxylation is 1. The number of nitrogens with two attached hydrogens (primary N) is 1. The second kappa shape index (κ2) is 5.85. The molecule has 1 aromatic heterocycles. The molecule has 3 rings (SSSR count). The standard InChI is InChI=1S/C16H22N4O/c1-2-20-15-6-4-3-5-13(15)14(19-20)10-18-16(21)11-7-8-12(17)9-11/h3-6,11-12H,2,7-10,17H2,1H3,(H,18,21)/t11-,12+/m0/s1. The number of carbonyl (C=O) groups excluding carboxylic acids is 1. The van der Waals surface area contributed by atoms with E-state index in [4.69, 9.17) is 5.73 Å². The Morgan fingerprint density at radius 3 is 2.95 bits per heavy atom. The molecule has 112 valence electrons. The monoisotopic (exact) mass is 286 g/mol. The largest absolute Gasteiger partial charge is 0.350 e. The third kappa shape index (κ3) is 2.78. The summed E-state index contributed by atoms with van der Waals surface area (Å²) >= 11 is 0. The first kappa shape index (κ1) is 14.1. The maximum Gasteiger partial charge on any atom is 0.223 e. The average molecular weight is 286 g/mol. The van der Waals surface area contributed by atoms with Crippen molar-refractivity contribution in [3.05, 3.63) is 30.0 Å². The summed E-state index contributed by atoms with van der Waals surface area (Å²) < 4.78 is 1.97. The smallest absolute Gasteiger partial charge is 0.223 e. The van der Waals surface area contributed by atoms with Gasteiger partial charge in [0, 0.05) is 23.9 Å². The molecule has 5 heteroatoms. The van der Waals surface area contributed by atoms with Gasteiger partial charge in [0.05, 0.1) is 17.8 Å².